The standard InChI is InChI=1S/C38H42N4/c1-26-18-22-28(23-19-26)33-34-37(39-35(33)29-12-6-3-7-13-29)36(30-24-20-27(2)21-25-30)41-42(40-32-16-10-5-11-17-32)38(34)31-14-8-4-9-15-31/h5,10-11,16-25,29,31,40H,3-4,6-9,12-15H2,1-2H3. The monoisotopic (exact) mass is 554 g/mol. The first-order valence-corrected chi connectivity index (χ1v) is 16.1. The molecular weight excluding hydrogens is 512 g/mol. The van der Waals surface area contributed by atoms with Gasteiger partial charge in [-0.25, -0.2) is 4.98 Å². The summed E-state index contributed by atoms with van der Waals surface area (Å²) in [7, 11) is 0. The van der Waals surface area contributed by atoms with Crippen LogP contribution >= 0.6 is 0 Å². The summed E-state index contributed by atoms with van der Waals surface area (Å²) in [6, 6.07) is 28.5. The molecule has 2 heterocycles. The molecule has 42 heavy (non-hydrogen) atoms. The lowest BCUT2D eigenvalue weighted by Crippen LogP contribution is -2.24. The van der Waals surface area contributed by atoms with Crippen LogP contribution in [0.25, 0.3) is 33.6 Å². The predicted molar refractivity (Wildman–Crippen MR) is 174 cm³/mol. The maximum Gasteiger partial charge on any atom is 0.119 e. The van der Waals surface area contributed by atoms with E-state index in [1.54, 1.807) is 0 Å². The highest BCUT2D eigenvalue weighted by molar-refractivity contribution is 5.94. The van der Waals surface area contributed by atoms with Crippen LogP contribution in [0.2, 0.25) is 0 Å². The number of aryl methyl sites for hydroxylation is 2. The Labute approximate surface area is 250 Å². The van der Waals surface area contributed by atoms with E-state index in [1.165, 1.54) is 103 Å². The molecule has 2 aliphatic heterocycles. The Hall–Kier alpha value is -3.92. The van der Waals surface area contributed by atoms with Crippen LogP contribution in [-0.2, 0) is 0 Å². The molecular formula is C38H42N4. The van der Waals surface area contributed by atoms with Crippen molar-refractivity contribution in [1.82, 2.24) is 14.9 Å². The van der Waals surface area contributed by atoms with Gasteiger partial charge in [0, 0.05) is 28.5 Å². The van der Waals surface area contributed by atoms with Crippen LogP contribution < -0.4 is 5.43 Å². The molecule has 0 atom stereocenters. The van der Waals surface area contributed by atoms with Crippen molar-refractivity contribution in [2.75, 3.05) is 5.43 Å². The molecule has 0 unspecified atom stereocenters. The Morgan fingerprint density at radius 2 is 1.17 bits per heavy atom. The Balaban J connectivity index is 1.56. The third kappa shape index (κ3) is 5.24. The zero-order valence-electron chi connectivity index (χ0n) is 25.1. The number of anilines is 1. The molecule has 1 N–H and O–H groups in total. The fourth-order valence-corrected chi connectivity index (χ4v) is 7.27. The SMILES string of the molecule is Cc1ccc(-c2nn(Nc3ccccc3)c(C3CCCCC3)c3c(-c4ccc(C)cc4)c(C4CCCCC4)nc2-3)cc1. The third-order valence-corrected chi connectivity index (χ3v) is 9.54. The highest BCUT2D eigenvalue weighted by Gasteiger charge is 2.35. The molecule has 4 heteroatoms. The molecule has 0 amide bonds. The van der Waals surface area contributed by atoms with Gasteiger partial charge in [-0.05, 0) is 57.2 Å². The van der Waals surface area contributed by atoms with Gasteiger partial charge < -0.3 is 0 Å². The maximum absolute atomic E-state index is 5.63. The van der Waals surface area contributed by atoms with E-state index in [0.717, 1.165) is 22.6 Å². The van der Waals surface area contributed by atoms with E-state index in [1.807, 2.05) is 0 Å². The fraction of sp³-hybridized carbons (Fsp3) is 0.368. The summed E-state index contributed by atoms with van der Waals surface area (Å²) in [5.74, 6) is 0.924. The van der Waals surface area contributed by atoms with Gasteiger partial charge in [0.15, 0.2) is 0 Å². The summed E-state index contributed by atoms with van der Waals surface area (Å²) in [5, 5.41) is 5.42. The summed E-state index contributed by atoms with van der Waals surface area (Å²) in [6.45, 7) is 4.32. The largest absolute Gasteiger partial charge is 0.278 e. The van der Waals surface area contributed by atoms with Crippen LogP contribution in [0.15, 0.2) is 78.9 Å². The first kappa shape index (κ1) is 26.9. The number of rotatable bonds is 6. The molecule has 214 valence electrons. The average Bonchev–Trinajstić information content (AvgIpc) is 3.43. The van der Waals surface area contributed by atoms with Crippen LogP contribution in [-0.4, -0.2) is 14.9 Å². The van der Waals surface area contributed by atoms with Gasteiger partial charge in [-0.15, -0.1) is 5.10 Å². The minimum Gasteiger partial charge on any atom is -0.278 e. The van der Waals surface area contributed by atoms with Crippen molar-refractivity contribution in [3.05, 3.63) is 101 Å². The van der Waals surface area contributed by atoms with E-state index in [0.29, 0.717) is 11.8 Å². The smallest absolute Gasteiger partial charge is 0.119 e. The minimum absolute atomic E-state index is 0.435. The van der Waals surface area contributed by atoms with Crippen molar-refractivity contribution < 1.29 is 0 Å². The van der Waals surface area contributed by atoms with Gasteiger partial charge >= 0.3 is 0 Å². The van der Waals surface area contributed by atoms with Crippen LogP contribution in [0.1, 0.15) is 98.6 Å². The van der Waals surface area contributed by atoms with E-state index >= 15 is 0 Å². The number of nitrogens with one attached hydrogen (secondary N) is 1. The lowest BCUT2D eigenvalue weighted by molar-refractivity contribution is 0.423. The van der Waals surface area contributed by atoms with Gasteiger partial charge in [-0.2, -0.15) is 4.79 Å². The molecule has 0 aromatic heterocycles. The molecule has 3 aromatic carbocycles. The zero-order chi connectivity index (χ0) is 28.5. The summed E-state index contributed by atoms with van der Waals surface area (Å²) in [6.07, 6.45) is 12.6. The van der Waals surface area contributed by atoms with Crippen molar-refractivity contribution in [3.63, 3.8) is 0 Å². The molecule has 4 nitrogen and oxygen atoms in total. The third-order valence-electron chi connectivity index (χ3n) is 9.54. The van der Waals surface area contributed by atoms with Crippen molar-refractivity contribution in [1.29, 1.82) is 0 Å². The van der Waals surface area contributed by atoms with E-state index in [9.17, 15) is 0 Å². The highest BCUT2D eigenvalue weighted by Crippen LogP contribution is 2.50. The Morgan fingerprint density at radius 1 is 0.595 bits per heavy atom. The molecule has 4 aliphatic rings. The van der Waals surface area contributed by atoms with E-state index in [-0.39, 0.29) is 0 Å². The molecule has 0 bridgehead atoms. The van der Waals surface area contributed by atoms with Crippen LogP contribution in [0.5, 0.6) is 0 Å². The highest BCUT2D eigenvalue weighted by atomic mass is 15.6. The number of benzene rings is 3. The number of para-hydroxylation sites is 1. The van der Waals surface area contributed by atoms with Crippen LogP contribution in [0.3, 0.4) is 0 Å². The second-order valence-corrected chi connectivity index (χ2v) is 12.6. The number of fused-ring (bicyclic) bond motifs is 1. The molecule has 0 spiro atoms. The van der Waals surface area contributed by atoms with Crippen molar-refractivity contribution in [3.8, 4) is 33.6 Å². The second-order valence-electron chi connectivity index (χ2n) is 12.6. The molecule has 0 saturated heterocycles. The average molecular weight is 555 g/mol. The zero-order valence-corrected chi connectivity index (χ0v) is 25.1. The Kier molecular flexibility index (Phi) is 7.54. The quantitative estimate of drug-likeness (QED) is 0.227. The van der Waals surface area contributed by atoms with Crippen molar-refractivity contribution in [2.45, 2.75) is 89.9 Å². The topological polar surface area (TPSA) is 42.7 Å². The normalized spacial score (nSPS) is 16.6. The van der Waals surface area contributed by atoms with Crippen molar-refractivity contribution in [2.24, 2.45) is 0 Å². The number of hydrogen-bond acceptors (Lipinski definition) is 3. The molecule has 7 rings (SSSR count). The van der Waals surface area contributed by atoms with Gasteiger partial charge in [0.05, 0.1) is 17.1 Å². The molecule has 3 aromatic rings. The lowest BCUT2D eigenvalue weighted by Gasteiger charge is -2.29. The summed E-state index contributed by atoms with van der Waals surface area (Å²) in [5.41, 5.74) is 17.0. The van der Waals surface area contributed by atoms with Gasteiger partial charge in [0.2, 0.25) is 0 Å². The first-order chi connectivity index (χ1) is 20.7. The summed E-state index contributed by atoms with van der Waals surface area (Å²) >= 11 is 0. The first-order valence-electron chi connectivity index (χ1n) is 16.1. The van der Waals surface area contributed by atoms with Crippen LogP contribution in [0, 0.1) is 13.8 Å². The van der Waals surface area contributed by atoms with E-state index < -0.39 is 0 Å². The Bertz CT molecular complexity index is 1600. The van der Waals surface area contributed by atoms with Gasteiger partial charge in [0.25, 0.3) is 0 Å². The fourth-order valence-electron chi connectivity index (χ4n) is 7.27. The van der Waals surface area contributed by atoms with Gasteiger partial charge in [0.1, 0.15) is 11.4 Å². The number of hydrogen-bond donors (Lipinski definition) is 1. The summed E-state index contributed by atoms with van der Waals surface area (Å²) < 4.78 is 0. The van der Waals surface area contributed by atoms with Gasteiger partial charge in [-0.3, -0.25) is 5.43 Å². The lowest BCUT2D eigenvalue weighted by atomic mass is 9.80. The van der Waals surface area contributed by atoms with Gasteiger partial charge in [-0.1, -0.05) is 116 Å². The number of aromatic nitrogens is 3. The molecule has 2 aliphatic carbocycles. The maximum atomic E-state index is 5.63. The predicted octanol–water partition coefficient (Wildman–Crippen LogP) is 10.3. The van der Waals surface area contributed by atoms with E-state index in [2.05, 4.69) is 103 Å². The Morgan fingerprint density at radius 3 is 1.79 bits per heavy atom. The second kappa shape index (κ2) is 11.8. The summed E-state index contributed by atoms with van der Waals surface area (Å²) in [4.78, 5) is 7.77. The molecule has 0 radical (unpaired) electrons. The van der Waals surface area contributed by atoms with Crippen LogP contribution in [0.4, 0.5) is 5.69 Å². The minimum atomic E-state index is 0.435. The van der Waals surface area contributed by atoms with Crippen molar-refractivity contribution >= 4 is 5.69 Å². The number of nitrogens with zero attached hydrogens (tertiary/aromatic N) is 3. The molecule has 2 saturated carbocycles. The van der Waals surface area contributed by atoms with E-state index in [4.69, 9.17) is 10.1 Å². The molecule has 2 fully saturated rings.